The minimum atomic E-state index is -4.39. The number of hydrogen-bond donors (Lipinski definition) is 0. The van der Waals surface area contributed by atoms with Gasteiger partial charge in [-0.15, -0.1) is 0 Å². The summed E-state index contributed by atoms with van der Waals surface area (Å²) in [6, 6.07) is 10.8. The van der Waals surface area contributed by atoms with Crippen LogP contribution >= 0.6 is 0 Å². The van der Waals surface area contributed by atoms with Crippen molar-refractivity contribution < 1.29 is 18.0 Å². The van der Waals surface area contributed by atoms with Crippen molar-refractivity contribution in [1.82, 2.24) is 19.2 Å². The molecule has 1 aliphatic heterocycles. The van der Waals surface area contributed by atoms with Gasteiger partial charge in [-0.3, -0.25) is 14.0 Å². The molecule has 4 aromatic rings. The zero-order valence-corrected chi connectivity index (χ0v) is 17.1. The van der Waals surface area contributed by atoms with Crippen molar-refractivity contribution in [2.75, 3.05) is 6.54 Å². The summed E-state index contributed by atoms with van der Waals surface area (Å²) in [5.41, 5.74) is 1.92. The van der Waals surface area contributed by atoms with Gasteiger partial charge in [-0.1, -0.05) is 0 Å². The van der Waals surface area contributed by atoms with Crippen LogP contribution in [-0.4, -0.2) is 37.7 Å². The third kappa shape index (κ3) is 3.17. The summed E-state index contributed by atoms with van der Waals surface area (Å²) in [6.45, 7) is 2.82. The Morgan fingerprint density at radius 1 is 1.10 bits per heavy atom. The molecule has 1 saturated heterocycles. The quantitative estimate of drug-likeness (QED) is 0.444. The lowest BCUT2D eigenvalue weighted by molar-refractivity contribution is -0.137. The van der Waals surface area contributed by atoms with Gasteiger partial charge in [-0.2, -0.15) is 18.3 Å². The first-order valence-electron chi connectivity index (χ1n) is 10.2. The van der Waals surface area contributed by atoms with E-state index in [0.29, 0.717) is 16.9 Å². The molecule has 0 N–H and O–H groups in total. The van der Waals surface area contributed by atoms with E-state index < -0.39 is 11.7 Å². The number of benzene rings is 2. The highest BCUT2D eigenvalue weighted by atomic mass is 19.4. The largest absolute Gasteiger partial charge is 0.416 e. The van der Waals surface area contributed by atoms with Crippen molar-refractivity contribution in [3.8, 4) is 5.69 Å². The van der Waals surface area contributed by atoms with E-state index in [1.807, 2.05) is 27.8 Å². The molecule has 2 aromatic heterocycles. The number of carbonyl (C=O) groups is 1. The number of halogens is 3. The fraction of sp³-hybridized carbons (Fsp3) is 0.304. The Labute approximate surface area is 176 Å². The number of amides is 1. The van der Waals surface area contributed by atoms with Gasteiger partial charge in [0.05, 0.1) is 11.1 Å². The molecule has 2 aromatic carbocycles. The number of rotatable bonds is 2. The topological polar surface area (TPSA) is 43.1 Å². The van der Waals surface area contributed by atoms with Gasteiger partial charge in [0.15, 0.2) is 5.65 Å². The van der Waals surface area contributed by atoms with Crippen LogP contribution in [0.1, 0.15) is 35.7 Å². The first kappa shape index (κ1) is 19.7. The van der Waals surface area contributed by atoms with E-state index in [1.165, 1.54) is 12.1 Å². The second kappa shape index (κ2) is 6.87. The molecule has 8 heteroatoms. The molecule has 1 aliphatic rings. The molecule has 5 nitrogen and oxygen atoms in total. The molecule has 31 heavy (non-hydrogen) atoms. The van der Waals surface area contributed by atoms with Crippen LogP contribution in [0.5, 0.6) is 0 Å². The molecular weight excluding hydrogens is 405 g/mol. The Kier molecular flexibility index (Phi) is 4.35. The fourth-order valence-corrected chi connectivity index (χ4v) is 4.49. The van der Waals surface area contributed by atoms with Crippen molar-refractivity contribution in [2.45, 2.75) is 32.0 Å². The third-order valence-corrected chi connectivity index (χ3v) is 6.06. The molecule has 3 heterocycles. The van der Waals surface area contributed by atoms with Gasteiger partial charge in [0.1, 0.15) is 0 Å². The van der Waals surface area contributed by atoms with E-state index in [2.05, 4.69) is 12.0 Å². The number of aryl methyl sites for hydroxylation is 1. The molecule has 5 rings (SSSR count). The molecule has 1 fully saturated rings. The van der Waals surface area contributed by atoms with E-state index in [4.69, 9.17) is 0 Å². The minimum Gasteiger partial charge on any atom is -0.336 e. The summed E-state index contributed by atoms with van der Waals surface area (Å²) in [4.78, 5) is 14.9. The van der Waals surface area contributed by atoms with E-state index in [0.717, 1.165) is 47.8 Å². The van der Waals surface area contributed by atoms with Crippen molar-refractivity contribution >= 4 is 27.8 Å². The van der Waals surface area contributed by atoms with Crippen molar-refractivity contribution in [2.24, 2.45) is 7.05 Å². The summed E-state index contributed by atoms with van der Waals surface area (Å²) in [5, 5.41) is 6.22. The standard InChI is InChI=1S/C23H21F3N4O/c1-14-4-3-11-29(14)22(31)15-5-10-20-18(12-15)19-13-28(2)27-21(19)30(20)17-8-6-16(7-9-17)23(24,25)26/h5-10,12-14H,3-4,11H2,1-2H3. The maximum atomic E-state index is 13.0. The van der Waals surface area contributed by atoms with E-state index in [1.54, 1.807) is 17.8 Å². The Hall–Kier alpha value is -3.29. The average Bonchev–Trinajstić information content (AvgIpc) is 3.40. The fourth-order valence-electron chi connectivity index (χ4n) is 4.49. The third-order valence-electron chi connectivity index (χ3n) is 6.06. The van der Waals surface area contributed by atoms with Gasteiger partial charge in [-0.05, 0) is 62.2 Å². The second-order valence-electron chi connectivity index (χ2n) is 8.14. The molecular formula is C23H21F3N4O. The SMILES string of the molecule is CC1CCCN1C(=O)c1ccc2c(c1)c1cn(C)nc1n2-c1ccc(C(F)(F)F)cc1. The van der Waals surface area contributed by atoms with Crippen LogP contribution in [0.25, 0.3) is 27.6 Å². The lowest BCUT2D eigenvalue weighted by atomic mass is 10.1. The molecule has 1 amide bonds. The first-order chi connectivity index (χ1) is 14.7. The number of hydrogen-bond acceptors (Lipinski definition) is 2. The maximum absolute atomic E-state index is 13.0. The number of carbonyl (C=O) groups excluding carboxylic acids is 1. The average molecular weight is 426 g/mol. The lowest BCUT2D eigenvalue weighted by Gasteiger charge is -2.21. The molecule has 1 atom stereocenters. The van der Waals surface area contributed by atoms with Gasteiger partial charge in [0.25, 0.3) is 5.91 Å². The number of nitrogens with zero attached hydrogens (tertiary/aromatic N) is 4. The molecule has 0 spiro atoms. The predicted molar refractivity (Wildman–Crippen MR) is 112 cm³/mol. The van der Waals surface area contributed by atoms with Crippen LogP contribution in [0.2, 0.25) is 0 Å². The Morgan fingerprint density at radius 3 is 2.48 bits per heavy atom. The summed E-state index contributed by atoms with van der Waals surface area (Å²) >= 11 is 0. The molecule has 0 saturated carbocycles. The van der Waals surface area contributed by atoms with Crippen LogP contribution in [0.4, 0.5) is 13.2 Å². The number of likely N-dealkylation sites (tertiary alicyclic amines) is 1. The molecule has 0 radical (unpaired) electrons. The summed E-state index contributed by atoms with van der Waals surface area (Å²) in [7, 11) is 1.80. The van der Waals surface area contributed by atoms with Crippen LogP contribution in [0.15, 0.2) is 48.7 Å². The van der Waals surface area contributed by atoms with Gasteiger partial charge in [0.2, 0.25) is 0 Å². The Morgan fingerprint density at radius 2 is 1.84 bits per heavy atom. The lowest BCUT2D eigenvalue weighted by Crippen LogP contribution is -2.33. The zero-order valence-electron chi connectivity index (χ0n) is 17.1. The summed E-state index contributed by atoms with van der Waals surface area (Å²) in [6.07, 6.45) is -0.512. The summed E-state index contributed by atoms with van der Waals surface area (Å²) < 4.78 is 42.5. The highest BCUT2D eigenvalue weighted by Gasteiger charge is 2.30. The predicted octanol–water partition coefficient (Wildman–Crippen LogP) is 5.16. The highest BCUT2D eigenvalue weighted by molar-refractivity contribution is 6.10. The smallest absolute Gasteiger partial charge is 0.336 e. The van der Waals surface area contributed by atoms with Gasteiger partial charge in [-0.25, -0.2) is 0 Å². The van der Waals surface area contributed by atoms with Gasteiger partial charge in [0, 0.05) is 47.9 Å². The van der Waals surface area contributed by atoms with E-state index in [9.17, 15) is 18.0 Å². The van der Waals surface area contributed by atoms with Crippen molar-refractivity contribution in [3.63, 3.8) is 0 Å². The molecule has 0 aliphatic carbocycles. The van der Waals surface area contributed by atoms with Crippen LogP contribution < -0.4 is 0 Å². The second-order valence-corrected chi connectivity index (χ2v) is 8.14. The molecule has 1 unspecified atom stereocenters. The van der Waals surface area contributed by atoms with Gasteiger partial charge >= 0.3 is 6.18 Å². The van der Waals surface area contributed by atoms with E-state index >= 15 is 0 Å². The van der Waals surface area contributed by atoms with Crippen LogP contribution in [0.3, 0.4) is 0 Å². The zero-order chi connectivity index (χ0) is 21.9. The first-order valence-corrected chi connectivity index (χ1v) is 10.2. The maximum Gasteiger partial charge on any atom is 0.416 e. The monoisotopic (exact) mass is 426 g/mol. The normalized spacial score (nSPS) is 17.2. The van der Waals surface area contributed by atoms with Gasteiger partial charge < -0.3 is 4.90 Å². The Bertz CT molecular complexity index is 1300. The summed E-state index contributed by atoms with van der Waals surface area (Å²) in [5.74, 6) is 0.00576. The minimum absolute atomic E-state index is 0.00576. The van der Waals surface area contributed by atoms with Crippen molar-refractivity contribution in [3.05, 3.63) is 59.8 Å². The highest BCUT2D eigenvalue weighted by Crippen LogP contribution is 2.34. The molecule has 160 valence electrons. The van der Waals surface area contributed by atoms with Crippen molar-refractivity contribution in [1.29, 1.82) is 0 Å². The number of fused-ring (bicyclic) bond motifs is 3. The Balaban J connectivity index is 1.66. The van der Waals surface area contributed by atoms with E-state index in [-0.39, 0.29) is 11.9 Å². The van der Waals surface area contributed by atoms with Crippen LogP contribution in [0, 0.1) is 0 Å². The van der Waals surface area contributed by atoms with Crippen LogP contribution in [-0.2, 0) is 13.2 Å². The number of alkyl halides is 3. The molecule has 0 bridgehead atoms. The number of aromatic nitrogens is 3.